The molecule has 12 rings (SSSR count). The molecule has 0 spiro atoms. The second-order valence-electron chi connectivity index (χ2n) is 16.8. The van der Waals surface area contributed by atoms with Gasteiger partial charge in [0.2, 0.25) is 0 Å². The van der Waals surface area contributed by atoms with E-state index in [1.54, 1.807) is 0 Å². The Morgan fingerprint density at radius 2 is 0.809 bits per heavy atom. The molecule has 3 heterocycles. The molecule has 0 saturated carbocycles. The largest absolute Gasteiger partial charge is 0.309 e. The average Bonchev–Trinajstić information content (AvgIpc) is 3.92. The molecule has 0 radical (unpaired) electrons. The highest BCUT2D eigenvalue weighted by Crippen LogP contribution is 2.39. The zero-order valence-electron chi connectivity index (χ0n) is 36.3. The van der Waals surface area contributed by atoms with E-state index in [-0.39, 0.29) is 0 Å². The number of nitrogens with zero attached hydrogens (tertiary/aromatic N) is 7. The Balaban J connectivity index is 0.861. The van der Waals surface area contributed by atoms with Crippen molar-refractivity contribution >= 4 is 43.6 Å². The molecule has 3 aromatic heterocycles. The lowest BCUT2D eigenvalue weighted by molar-refractivity contribution is 1.16. The van der Waals surface area contributed by atoms with Gasteiger partial charge in [-0.05, 0) is 107 Å². The van der Waals surface area contributed by atoms with Crippen molar-refractivity contribution in [3.8, 4) is 85.7 Å². The van der Waals surface area contributed by atoms with Gasteiger partial charge < -0.3 is 9.13 Å². The van der Waals surface area contributed by atoms with E-state index in [0.717, 1.165) is 99.6 Å². The highest BCUT2D eigenvalue weighted by Gasteiger charge is 2.19. The molecule has 7 heteroatoms. The van der Waals surface area contributed by atoms with Crippen LogP contribution in [-0.2, 0) is 0 Å². The van der Waals surface area contributed by atoms with Gasteiger partial charge in [0.15, 0.2) is 5.82 Å². The van der Waals surface area contributed by atoms with Crippen LogP contribution < -0.4 is 0 Å². The number of hydrogen-bond acceptors (Lipinski definition) is 5. The zero-order chi connectivity index (χ0) is 45.7. The summed E-state index contributed by atoms with van der Waals surface area (Å²) < 4.78 is 4.54. The summed E-state index contributed by atoms with van der Waals surface area (Å²) in [5.74, 6) is 0.606. The van der Waals surface area contributed by atoms with Crippen molar-refractivity contribution in [1.82, 2.24) is 19.1 Å². The third kappa shape index (κ3) is 6.74. The summed E-state index contributed by atoms with van der Waals surface area (Å²) in [5.41, 5.74) is 16.1. The summed E-state index contributed by atoms with van der Waals surface area (Å²) in [6, 6.07) is 78.6. The van der Waals surface area contributed by atoms with E-state index in [2.05, 4.69) is 124 Å². The molecule has 0 aliphatic rings. The summed E-state index contributed by atoms with van der Waals surface area (Å²) in [6.45, 7) is 0. The van der Waals surface area contributed by atoms with Crippen LogP contribution in [0.25, 0.3) is 111 Å². The Labute approximate surface area is 391 Å². The van der Waals surface area contributed by atoms with Gasteiger partial charge in [0.05, 0.1) is 68.4 Å². The van der Waals surface area contributed by atoms with Crippen LogP contribution in [0.2, 0.25) is 0 Å². The molecule has 0 fully saturated rings. The summed E-state index contributed by atoms with van der Waals surface area (Å²) in [4.78, 5) is 9.89. The fourth-order valence-electron chi connectivity index (χ4n) is 9.57. The molecule has 0 atom stereocenters. The maximum absolute atomic E-state index is 10.5. The van der Waals surface area contributed by atoms with Gasteiger partial charge in [-0.25, -0.2) is 9.97 Å². The Bertz CT molecular complexity index is 3960. The molecule has 0 N–H and O–H groups in total. The van der Waals surface area contributed by atoms with Gasteiger partial charge in [0.25, 0.3) is 0 Å². The van der Waals surface area contributed by atoms with Crippen LogP contribution in [0.4, 0.5) is 0 Å². The number of rotatable bonds is 7. The predicted molar refractivity (Wildman–Crippen MR) is 272 cm³/mol. The van der Waals surface area contributed by atoms with Gasteiger partial charge in [-0.3, -0.25) is 0 Å². The van der Waals surface area contributed by atoms with E-state index in [1.807, 2.05) is 115 Å². The van der Waals surface area contributed by atoms with Gasteiger partial charge in [-0.2, -0.15) is 15.8 Å². The molecule has 314 valence electrons. The first-order chi connectivity index (χ1) is 33.5. The van der Waals surface area contributed by atoms with Gasteiger partial charge in [0, 0.05) is 49.6 Å². The van der Waals surface area contributed by atoms with Gasteiger partial charge in [0.1, 0.15) is 0 Å². The third-order valence-electron chi connectivity index (χ3n) is 12.9. The van der Waals surface area contributed by atoms with Crippen LogP contribution >= 0.6 is 0 Å². The lowest BCUT2D eigenvalue weighted by Crippen LogP contribution is -1.97. The SMILES string of the molecule is N#Cc1ccc2c(c1)c1cc(C#N)ccc1n2-c1ccc2c(c1)c1ccccc1n2-c1ccc(-c2ccc(-c3ccc(-c4cc(-c5ccccc5)nc(-c5ccccc5)n4)c(C#N)c3)cc2)cc1. The first-order valence-electron chi connectivity index (χ1n) is 22.2. The molecule has 0 amide bonds. The lowest BCUT2D eigenvalue weighted by Gasteiger charge is -2.12. The summed E-state index contributed by atoms with van der Waals surface area (Å²) in [6.07, 6.45) is 0. The van der Waals surface area contributed by atoms with E-state index in [1.165, 1.54) is 0 Å². The summed E-state index contributed by atoms with van der Waals surface area (Å²) >= 11 is 0. The van der Waals surface area contributed by atoms with Crippen LogP contribution in [0.5, 0.6) is 0 Å². The minimum atomic E-state index is 0.539. The number of hydrogen-bond donors (Lipinski definition) is 0. The number of aromatic nitrogens is 4. The molecule has 0 aliphatic carbocycles. The monoisotopic (exact) mass is 865 g/mol. The Hall–Kier alpha value is -9.87. The van der Waals surface area contributed by atoms with Crippen molar-refractivity contribution in [2.75, 3.05) is 0 Å². The van der Waals surface area contributed by atoms with Crippen molar-refractivity contribution in [2.24, 2.45) is 0 Å². The molecular formula is C61H35N7. The third-order valence-corrected chi connectivity index (χ3v) is 12.9. The highest BCUT2D eigenvalue weighted by molar-refractivity contribution is 6.12. The quantitative estimate of drug-likeness (QED) is 0.159. The maximum atomic E-state index is 10.5. The van der Waals surface area contributed by atoms with Crippen molar-refractivity contribution in [2.45, 2.75) is 0 Å². The molecule has 7 nitrogen and oxygen atoms in total. The van der Waals surface area contributed by atoms with Crippen molar-refractivity contribution in [1.29, 1.82) is 15.8 Å². The van der Waals surface area contributed by atoms with Crippen LogP contribution in [0.3, 0.4) is 0 Å². The minimum absolute atomic E-state index is 0.539. The van der Waals surface area contributed by atoms with E-state index >= 15 is 0 Å². The van der Waals surface area contributed by atoms with Crippen molar-refractivity contribution < 1.29 is 0 Å². The Morgan fingerprint density at radius 1 is 0.324 bits per heavy atom. The smallest absolute Gasteiger partial charge is 0.160 e. The minimum Gasteiger partial charge on any atom is -0.309 e. The van der Waals surface area contributed by atoms with Gasteiger partial charge in [-0.1, -0.05) is 127 Å². The van der Waals surface area contributed by atoms with Crippen molar-refractivity contribution in [3.05, 3.63) is 229 Å². The Kier molecular flexibility index (Phi) is 9.51. The van der Waals surface area contributed by atoms with Crippen molar-refractivity contribution in [3.63, 3.8) is 0 Å². The van der Waals surface area contributed by atoms with E-state index in [9.17, 15) is 15.8 Å². The van der Waals surface area contributed by atoms with Crippen LogP contribution in [0, 0.1) is 34.0 Å². The predicted octanol–water partition coefficient (Wildman–Crippen LogP) is 14.6. The molecule has 9 aromatic carbocycles. The number of fused-ring (bicyclic) bond motifs is 6. The average molecular weight is 866 g/mol. The number of benzene rings is 9. The van der Waals surface area contributed by atoms with Crippen LogP contribution in [0.15, 0.2) is 212 Å². The zero-order valence-corrected chi connectivity index (χ0v) is 36.3. The van der Waals surface area contributed by atoms with Crippen LogP contribution in [0.1, 0.15) is 16.7 Å². The number of para-hydroxylation sites is 1. The highest BCUT2D eigenvalue weighted by atomic mass is 15.0. The van der Waals surface area contributed by atoms with Gasteiger partial charge >= 0.3 is 0 Å². The first kappa shape index (κ1) is 39.7. The maximum Gasteiger partial charge on any atom is 0.160 e. The molecule has 0 unspecified atom stereocenters. The molecule has 0 saturated heterocycles. The lowest BCUT2D eigenvalue weighted by atomic mass is 9.95. The second kappa shape index (κ2) is 16.3. The fraction of sp³-hybridized carbons (Fsp3) is 0. The first-order valence-corrected chi connectivity index (χ1v) is 22.2. The van der Waals surface area contributed by atoms with E-state index < -0.39 is 0 Å². The number of nitriles is 3. The fourth-order valence-corrected chi connectivity index (χ4v) is 9.57. The molecular weight excluding hydrogens is 831 g/mol. The topological polar surface area (TPSA) is 107 Å². The van der Waals surface area contributed by atoms with Gasteiger partial charge in [-0.15, -0.1) is 0 Å². The molecule has 0 bridgehead atoms. The summed E-state index contributed by atoms with van der Waals surface area (Å²) in [5, 5.41) is 34.0. The molecule has 0 aliphatic heterocycles. The van der Waals surface area contributed by atoms with Crippen LogP contribution in [-0.4, -0.2) is 19.1 Å². The van der Waals surface area contributed by atoms with E-state index in [0.29, 0.717) is 28.2 Å². The Morgan fingerprint density at radius 3 is 1.44 bits per heavy atom. The second-order valence-corrected chi connectivity index (χ2v) is 16.8. The summed E-state index contributed by atoms with van der Waals surface area (Å²) in [7, 11) is 0. The molecule has 12 aromatic rings. The molecule has 68 heavy (non-hydrogen) atoms. The normalized spacial score (nSPS) is 11.2. The standard InChI is InChI=1S/C61H35N7/c62-36-39-15-28-58-52(31-39)53-32-40(37-63)16-29-59(53)68(58)49-26-30-60-54(34-49)51-13-7-8-14-57(51)67(60)48-24-21-42(22-25-48)41-17-19-43(20-18-41)46-23-27-50(47(33-46)38-64)56-35-55(44-9-3-1-4-10-44)65-61(66-56)45-11-5-2-6-12-45/h1-35H. The van der Waals surface area contributed by atoms with E-state index in [4.69, 9.17) is 9.97 Å².